The number of nitrogens with zero attached hydrogens (tertiary/aromatic N) is 1. The third-order valence-electron chi connectivity index (χ3n) is 2.98. The van der Waals surface area contributed by atoms with E-state index in [1.165, 1.54) is 12.8 Å². The maximum absolute atomic E-state index is 11.4. The Morgan fingerprint density at radius 1 is 1.60 bits per heavy atom. The Morgan fingerprint density at radius 2 is 2.33 bits per heavy atom. The summed E-state index contributed by atoms with van der Waals surface area (Å²) in [6.45, 7) is 2.16. The van der Waals surface area contributed by atoms with Crippen molar-refractivity contribution in [1.82, 2.24) is 9.88 Å². The van der Waals surface area contributed by atoms with Gasteiger partial charge in [0.2, 0.25) is 0 Å². The highest BCUT2D eigenvalue weighted by Gasteiger charge is 2.20. The zero-order chi connectivity index (χ0) is 10.8. The first kappa shape index (κ1) is 10.2. The monoisotopic (exact) mass is 208 g/mol. The van der Waals surface area contributed by atoms with Gasteiger partial charge in [-0.3, -0.25) is 0 Å². The van der Waals surface area contributed by atoms with Gasteiger partial charge in [0.05, 0.1) is 7.11 Å². The van der Waals surface area contributed by atoms with Gasteiger partial charge in [-0.2, -0.15) is 0 Å². The molecule has 0 amide bonds. The summed E-state index contributed by atoms with van der Waals surface area (Å²) in [5, 5.41) is 3.24. The number of nitrogens with one attached hydrogen (secondary N) is 1. The Morgan fingerprint density at radius 3 is 2.87 bits per heavy atom. The van der Waals surface area contributed by atoms with Gasteiger partial charge >= 0.3 is 5.97 Å². The summed E-state index contributed by atoms with van der Waals surface area (Å²) in [6.07, 6.45) is 1.03. The molecule has 0 spiro atoms. The average Bonchev–Trinajstić information content (AvgIpc) is 2.53. The smallest absolute Gasteiger partial charge is 0.354 e. The van der Waals surface area contributed by atoms with Crippen LogP contribution in [0.3, 0.4) is 0 Å². The van der Waals surface area contributed by atoms with Crippen LogP contribution in [0.25, 0.3) is 0 Å². The van der Waals surface area contributed by atoms with Gasteiger partial charge in [-0.05, 0) is 37.6 Å². The van der Waals surface area contributed by atoms with Crippen LogP contribution in [0.1, 0.15) is 16.2 Å². The molecule has 2 heterocycles. The summed E-state index contributed by atoms with van der Waals surface area (Å²) < 4.78 is 6.62. The number of esters is 1. The van der Waals surface area contributed by atoms with Crippen LogP contribution in [0.5, 0.6) is 0 Å². The summed E-state index contributed by atoms with van der Waals surface area (Å²) in [7, 11) is 3.32. The van der Waals surface area contributed by atoms with Crippen LogP contribution in [0.2, 0.25) is 0 Å². The molecule has 0 saturated carbocycles. The number of carbonyl (C=O) groups excluding carboxylic acids is 1. The Balaban J connectivity index is 2.11. The normalized spacial score (nSPS) is 16.1. The summed E-state index contributed by atoms with van der Waals surface area (Å²) in [5.41, 5.74) is 1.82. The van der Waals surface area contributed by atoms with E-state index in [-0.39, 0.29) is 5.97 Å². The van der Waals surface area contributed by atoms with Gasteiger partial charge in [0.1, 0.15) is 5.69 Å². The number of aromatic nitrogens is 1. The van der Waals surface area contributed by atoms with Crippen LogP contribution in [-0.4, -0.2) is 30.7 Å². The number of rotatable bonds is 3. The van der Waals surface area contributed by atoms with Gasteiger partial charge in [-0.15, -0.1) is 0 Å². The molecule has 15 heavy (non-hydrogen) atoms. The van der Waals surface area contributed by atoms with E-state index in [2.05, 4.69) is 5.32 Å². The zero-order valence-corrected chi connectivity index (χ0v) is 9.12. The van der Waals surface area contributed by atoms with Gasteiger partial charge in [0.25, 0.3) is 0 Å². The van der Waals surface area contributed by atoms with Crippen LogP contribution in [0, 0.1) is 5.92 Å². The lowest BCUT2D eigenvalue weighted by molar-refractivity contribution is 0.0589. The van der Waals surface area contributed by atoms with Gasteiger partial charge in [0, 0.05) is 12.7 Å². The van der Waals surface area contributed by atoms with Crippen LogP contribution >= 0.6 is 0 Å². The van der Waals surface area contributed by atoms with Crippen LogP contribution < -0.4 is 5.32 Å². The molecule has 0 unspecified atom stereocenters. The van der Waals surface area contributed by atoms with Crippen LogP contribution in [0.15, 0.2) is 12.1 Å². The molecule has 0 aliphatic carbocycles. The van der Waals surface area contributed by atoms with E-state index >= 15 is 0 Å². The minimum absolute atomic E-state index is 0.268. The van der Waals surface area contributed by atoms with E-state index in [4.69, 9.17) is 4.74 Å². The number of hydrogen-bond acceptors (Lipinski definition) is 3. The van der Waals surface area contributed by atoms with E-state index < -0.39 is 0 Å². The quantitative estimate of drug-likeness (QED) is 0.739. The van der Waals surface area contributed by atoms with E-state index in [0.717, 1.165) is 19.5 Å². The second kappa shape index (κ2) is 4.06. The Bertz CT molecular complexity index is 367. The lowest BCUT2D eigenvalue weighted by Crippen LogP contribution is -2.43. The van der Waals surface area contributed by atoms with Gasteiger partial charge < -0.3 is 14.6 Å². The Hall–Kier alpha value is -1.29. The molecular weight excluding hydrogens is 192 g/mol. The molecule has 1 aromatic rings. The van der Waals surface area contributed by atoms with E-state index in [1.54, 1.807) is 0 Å². The second-order valence-corrected chi connectivity index (χ2v) is 3.99. The topological polar surface area (TPSA) is 43.3 Å². The molecule has 0 aromatic carbocycles. The van der Waals surface area contributed by atoms with Gasteiger partial charge in [-0.1, -0.05) is 0 Å². The predicted molar refractivity (Wildman–Crippen MR) is 56.8 cm³/mol. The molecule has 1 aliphatic rings. The molecule has 0 bridgehead atoms. The third-order valence-corrected chi connectivity index (χ3v) is 2.98. The summed E-state index contributed by atoms with van der Waals surface area (Å²) >= 11 is 0. The van der Waals surface area contributed by atoms with Crippen molar-refractivity contribution in [2.75, 3.05) is 20.2 Å². The molecule has 1 fully saturated rings. The van der Waals surface area contributed by atoms with Crippen molar-refractivity contribution < 1.29 is 9.53 Å². The lowest BCUT2D eigenvalue weighted by Gasteiger charge is -2.27. The van der Waals surface area contributed by atoms with Crippen molar-refractivity contribution >= 4 is 5.97 Å². The molecule has 82 valence electrons. The summed E-state index contributed by atoms with van der Waals surface area (Å²) in [5.74, 6) is 0.444. The standard InChI is InChI=1S/C11H16N2O2/c1-13-9(5-8-6-12-7-8)3-4-10(13)11(14)15-2/h3-4,8,12H,5-7H2,1-2H3. The fourth-order valence-corrected chi connectivity index (χ4v) is 1.86. The number of methoxy groups -OCH3 is 1. The molecule has 0 radical (unpaired) electrons. The molecule has 4 heteroatoms. The fraction of sp³-hybridized carbons (Fsp3) is 0.545. The number of ether oxygens (including phenoxy) is 1. The highest BCUT2D eigenvalue weighted by molar-refractivity contribution is 5.87. The Labute approximate surface area is 89.2 Å². The number of carbonyl (C=O) groups is 1. The molecular formula is C11H16N2O2. The second-order valence-electron chi connectivity index (χ2n) is 3.99. The van der Waals surface area contributed by atoms with Crippen molar-refractivity contribution in [1.29, 1.82) is 0 Å². The van der Waals surface area contributed by atoms with Gasteiger partial charge in [-0.25, -0.2) is 4.79 Å². The SMILES string of the molecule is COC(=O)c1ccc(CC2CNC2)n1C. The molecule has 4 nitrogen and oxygen atoms in total. The highest BCUT2D eigenvalue weighted by atomic mass is 16.5. The summed E-state index contributed by atoms with van der Waals surface area (Å²) in [6, 6.07) is 3.83. The van der Waals surface area contributed by atoms with Crippen molar-refractivity contribution in [3.05, 3.63) is 23.5 Å². The Kier molecular flexibility index (Phi) is 2.77. The first-order valence-corrected chi connectivity index (χ1v) is 5.16. The summed E-state index contributed by atoms with van der Waals surface area (Å²) in [4.78, 5) is 11.4. The van der Waals surface area contributed by atoms with Crippen molar-refractivity contribution in [3.63, 3.8) is 0 Å². The largest absolute Gasteiger partial charge is 0.464 e. The van der Waals surface area contributed by atoms with E-state index in [9.17, 15) is 4.79 Å². The molecule has 0 atom stereocenters. The van der Waals surface area contributed by atoms with E-state index in [0.29, 0.717) is 11.6 Å². The molecule has 1 aromatic heterocycles. The third kappa shape index (κ3) is 1.90. The maximum Gasteiger partial charge on any atom is 0.354 e. The van der Waals surface area contributed by atoms with Gasteiger partial charge in [0.15, 0.2) is 0 Å². The average molecular weight is 208 g/mol. The molecule has 1 aliphatic heterocycles. The fourth-order valence-electron chi connectivity index (χ4n) is 1.86. The zero-order valence-electron chi connectivity index (χ0n) is 9.12. The number of hydrogen-bond donors (Lipinski definition) is 1. The minimum Gasteiger partial charge on any atom is -0.464 e. The van der Waals surface area contributed by atoms with Crippen LogP contribution in [-0.2, 0) is 18.2 Å². The first-order valence-electron chi connectivity index (χ1n) is 5.16. The molecule has 2 rings (SSSR count). The maximum atomic E-state index is 11.4. The van der Waals surface area contributed by atoms with Crippen molar-refractivity contribution in [2.45, 2.75) is 6.42 Å². The van der Waals surface area contributed by atoms with Crippen molar-refractivity contribution in [2.24, 2.45) is 13.0 Å². The van der Waals surface area contributed by atoms with E-state index in [1.807, 2.05) is 23.7 Å². The molecule has 1 saturated heterocycles. The highest BCUT2D eigenvalue weighted by Crippen LogP contribution is 2.15. The lowest BCUT2D eigenvalue weighted by atomic mass is 9.97. The van der Waals surface area contributed by atoms with Crippen LogP contribution in [0.4, 0.5) is 0 Å². The molecule has 1 N–H and O–H groups in total. The minimum atomic E-state index is -0.268. The predicted octanol–water partition coefficient (Wildman–Crippen LogP) is 0.574. The first-order chi connectivity index (χ1) is 7.22. The van der Waals surface area contributed by atoms with Crippen molar-refractivity contribution in [3.8, 4) is 0 Å².